The molecule has 2 atom stereocenters. The van der Waals surface area contributed by atoms with Crippen molar-refractivity contribution in [1.29, 1.82) is 0 Å². The van der Waals surface area contributed by atoms with Crippen LogP contribution in [0.5, 0.6) is 0 Å². The van der Waals surface area contributed by atoms with Gasteiger partial charge in [0.25, 0.3) is 0 Å². The Morgan fingerprint density at radius 1 is 1.00 bits per heavy atom. The molecule has 0 saturated carbocycles. The molecule has 31 heavy (non-hydrogen) atoms. The first kappa shape index (κ1) is 24.6. The predicted octanol–water partition coefficient (Wildman–Crippen LogP) is -0.487. The zero-order valence-corrected chi connectivity index (χ0v) is 17.6. The van der Waals surface area contributed by atoms with Gasteiger partial charge >= 0.3 is 11.9 Å². The van der Waals surface area contributed by atoms with Crippen molar-refractivity contribution in [3.63, 3.8) is 0 Å². The van der Waals surface area contributed by atoms with E-state index in [2.05, 4.69) is 16.0 Å². The van der Waals surface area contributed by atoms with E-state index in [1.165, 1.54) is 0 Å². The molecule has 0 unspecified atom stereocenters. The molecule has 0 aromatic heterocycles. The maximum Gasteiger partial charge on any atom is 0.312 e. The van der Waals surface area contributed by atoms with Gasteiger partial charge in [-0.3, -0.25) is 24.0 Å². The molecular weight excluding hydrogens is 408 g/mol. The molecule has 11 heteroatoms. The third kappa shape index (κ3) is 8.91. The van der Waals surface area contributed by atoms with Gasteiger partial charge in [0, 0.05) is 19.5 Å². The van der Waals surface area contributed by atoms with E-state index < -0.39 is 48.7 Å². The van der Waals surface area contributed by atoms with Gasteiger partial charge in [0.1, 0.15) is 12.6 Å². The number of hydrogen-bond donors (Lipinski definition) is 5. The third-order valence-corrected chi connectivity index (χ3v) is 5.71. The van der Waals surface area contributed by atoms with E-state index >= 15 is 0 Å². The largest absolute Gasteiger partial charge is 0.481 e. The van der Waals surface area contributed by atoms with Crippen LogP contribution in [0, 0.1) is 11.8 Å². The fourth-order valence-corrected chi connectivity index (χ4v) is 4.06. The van der Waals surface area contributed by atoms with Crippen LogP contribution < -0.4 is 16.0 Å². The van der Waals surface area contributed by atoms with Crippen LogP contribution in [0.1, 0.15) is 51.4 Å². The molecule has 0 aromatic rings. The maximum atomic E-state index is 12.7. The minimum atomic E-state index is -1.36. The summed E-state index contributed by atoms with van der Waals surface area (Å²) in [6.45, 7) is 2.79. The predicted molar refractivity (Wildman–Crippen MR) is 109 cm³/mol. The second-order valence-corrected chi connectivity index (χ2v) is 8.21. The van der Waals surface area contributed by atoms with Crippen molar-refractivity contribution < 1.29 is 34.2 Å². The van der Waals surface area contributed by atoms with E-state index in [0.717, 1.165) is 32.4 Å². The van der Waals surface area contributed by atoms with Crippen LogP contribution in [-0.2, 0) is 24.0 Å². The second-order valence-electron chi connectivity index (χ2n) is 8.21. The number of likely N-dealkylation sites (tertiary alicyclic amines) is 1. The van der Waals surface area contributed by atoms with Gasteiger partial charge in [-0.1, -0.05) is 0 Å². The fraction of sp³-hybridized carbons (Fsp3) is 0.750. The Hall–Kier alpha value is -2.69. The van der Waals surface area contributed by atoms with Gasteiger partial charge in [0.05, 0.1) is 12.3 Å². The molecule has 0 spiro atoms. The zero-order valence-electron chi connectivity index (χ0n) is 17.6. The number of nitrogens with one attached hydrogen (secondary N) is 3. The molecule has 2 saturated heterocycles. The van der Waals surface area contributed by atoms with Crippen LogP contribution in [0.25, 0.3) is 0 Å². The van der Waals surface area contributed by atoms with Crippen molar-refractivity contribution in [2.75, 3.05) is 26.2 Å². The molecule has 0 aliphatic carbocycles. The second kappa shape index (κ2) is 12.2. The lowest BCUT2D eigenvalue weighted by Crippen LogP contribution is -2.53. The number of amides is 3. The Morgan fingerprint density at radius 2 is 1.71 bits per heavy atom. The standard InChI is InChI=1S/C20H32N4O7/c25-16(11-19(29)30)22-15(10-18(27)28)23-20(31)14-2-1-9-24(12-14)17(26)4-3-13-5-7-21-8-6-13/h13-15,21H,1-12H2,(H,22,25)(H,23,31)(H,27,28)(H,29,30)/t14-,15-/m1/s1. The summed E-state index contributed by atoms with van der Waals surface area (Å²) in [5.74, 6) is -3.91. The van der Waals surface area contributed by atoms with Crippen molar-refractivity contribution in [2.24, 2.45) is 11.8 Å². The Bertz CT molecular complexity index is 678. The van der Waals surface area contributed by atoms with Gasteiger partial charge in [0.15, 0.2) is 0 Å². The van der Waals surface area contributed by atoms with E-state index in [-0.39, 0.29) is 12.5 Å². The molecule has 2 rings (SSSR count). The van der Waals surface area contributed by atoms with Gasteiger partial charge in [-0.2, -0.15) is 0 Å². The highest BCUT2D eigenvalue weighted by Crippen LogP contribution is 2.21. The first-order valence-corrected chi connectivity index (χ1v) is 10.8. The van der Waals surface area contributed by atoms with Crippen LogP contribution in [-0.4, -0.2) is 77.1 Å². The Kier molecular flexibility index (Phi) is 9.70. The van der Waals surface area contributed by atoms with E-state index in [9.17, 15) is 24.0 Å². The SMILES string of the molecule is O=C(O)CC(=O)N[C@@H](CC(=O)O)NC(=O)[C@@H]1CCCN(C(=O)CCC2CCNCC2)C1. The lowest BCUT2D eigenvalue weighted by Gasteiger charge is -2.33. The first-order chi connectivity index (χ1) is 14.7. The van der Waals surface area contributed by atoms with E-state index in [0.29, 0.717) is 31.7 Å². The lowest BCUT2D eigenvalue weighted by molar-refractivity contribution is -0.141. The molecule has 2 aliphatic rings. The number of carboxylic acids is 2. The van der Waals surface area contributed by atoms with Crippen molar-refractivity contribution in [3.8, 4) is 0 Å². The molecule has 2 aliphatic heterocycles. The molecule has 0 aromatic carbocycles. The van der Waals surface area contributed by atoms with Gasteiger partial charge in [-0.25, -0.2) is 0 Å². The number of carbonyl (C=O) groups is 5. The number of rotatable bonds is 10. The summed E-state index contributed by atoms with van der Waals surface area (Å²) in [6.07, 6.45) is 2.00. The molecule has 0 radical (unpaired) electrons. The lowest BCUT2D eigenvalue weighted by atomic mass is 9.92. The summed E-state index contributed by atoms with van der Waals surface area (Å²) in [5, 5.41) is 25.7. The summed E-state index contributed by atoms with van der Waals surface area (Å²) in [4.78, 5) is 60.3. The van der Waals surface area contributed by atoms with E-state index in [1.807, 2.05) is 0 Å². The van der Waals surface area contributed by atoms with Crippen LogP contribution in [0.2, 0.25) is 0 Å². The molecule has 2 fully saturated rings. The Balaban J connectivity index is 1.85. The van der Waals surface area contributed by atoms with Crippen LogP contribution in [0.3, 0.4) is 0 Å². The number of nitrogens with zero attached hydrogens (tertiary/aromatic N) is 1. The molecule has 5 N–H and O–H groups in total. The van der Waals surface area contributed by atoms with Gasteiger partial charge in [0.2, 0.25) is 17.7 Å². The smallest absolute Gasteiger partial charge is 0.312 e. The van der Waals surface area contributed by atoms with E-state index in [1.54, 1.807) is 4.90 Å². The van der Waals surface area contributed by atoms with Gasteiger partial charge < -0.3 is 31.1 Å². The molecule has 11 nitrogen and oxygen atoms in total. The molecule has 3 amide bonds. The third-order valence-electron chi connectivity index (χ3n) is 5.71. The van der Waals surface area contributed by atoms with Crippen LogP contribution in [0.15, 0.2) is 0 Å². The highest BCUT2D eigenvalue weighted by atomic mass is 16.4. The summed E-state index contributed by atoms with van der Waals surface area (Å²) >= 11 is 0. The molecule has 2 heterocycles. The summed E-state index contributed by atoms with van der Waals surface area (Å²) in [7, 11) is 0. The number of carboxylic acid groups (broad SMARTS) is 2. The minimum Gasteiger partial charge on any atom is -0.481 e. The summed E-state index contributed by atoms with van der Waals surface area (Å²) < 4.78 is 0. The zero-order chi connectivity index (χ0) is 22.8. The van der Waals surface area contributed by atoms with Crippen LogP contribution in [0.4, 0.5) is 0 Å². The summed E-state index contributed by atoms with van der Waals surface area (Å²) in [5.41, 5.74) is 0. The molecule has 174 valence electrons. The number of carbonyl (C=O) groups excluding carboxylic acids is 3. The minimum absolute atomic E-state index is 0.0212. The quantitative estimate of drug-likeness (QED) is 0.224. The monoisotopic (exact) mass is 440 g/mol. The molecular formula is C20H32N4O7. The van der Waals surface area contributed by atoms with Crippen molar-refractivity contribution in [2.45, 2.75) is 57.5 Å². The fourth-order valence-electron chi connectivity index (χ4n) is 4.06. The first-order valence-electron chi connectivity index (χ1n) is 10.8. The normalized spacial score (nSPS) is 20.5. The van der Waals surface area contributed by atoms with Gasteiger partial charge in [-0.05, 0) is 51.1 Å². The van der Waals surface area contributed by atoms with E-state index in [4.69, 9.17) is 10.2 Å². The molecule has 0 bridgehead atoms. The average Bonchev–Trinajstić information content (AvgIpc) is 2.71. The van der Waals surface area contributed by atoms with Crippen molar-refractivity contribution >= 4 is 29.7 Å². The highest BCUT2D eigenvalue weighted by molar-refractivity contribution is 5.94. The topological polar surface area (TPSA) is 165 Å². The average molecular weight is 440 g/mol. The van der Waals surface area contributed by atoms with Gasteiger partial charge in [-0.15, -0.1) is 0 Å². The highest BCUT2D eigenvalue weighted by Gasteiger charge is 2.30. The Labute approximate surface area is 180 Å². The Morgan fingerprint density at radius 3 is 2.35 bits per heavy atom. The van der Waals surface area contributed by atoms with Crippen molar-refractivity contribution in [1.82, 2.24) is 20.9 Å². The van der Waals surface area contributed by atoms with Crippen LogP contribution >= 0.6 is 0 Å². The number of piperidine rings is 2. The maximum absolute atomic E-state index is 12.7. The van der Waals surface area contributed by atoms with Crippen molar-refractivity contribution in [3.05, 3.63) is 0 Å². The number of aliphatic carboxylic acids is 2. The summed E-state index contributed by atoms with van der Waals surface area (Å²) in [6, 6.07) is 0. The number of hydrogen-bond acceptors (Lipinski definition) is 6.